The van der Waals surface area contributed by atoms with Crippen LogP contribution < -0.4 is 29.7 Å². The van der Waals surface area contributed by atoms with E-state index in [1.165, 1.54) is 23.9 Å². The third-order valence-electron chi connectivity index (χ3n) is 6.33. The second-order valence-electron chi connectivity index (χ2n) is 8.80. The number of urea groups is 1. The van der Waals surface area contributed by atoms with Gasteiger partial charge in [-0.1, -0.05) is 17.7 Å². The summed E-state index contributed by atoms with van der Waals surface area (Å²) in [5.41, 5.74) is 2.45. The van der Waals surface area contributed by atoms with E-state index < -0.39 is 11.8 Å². The monoisotopic (exact) mass is 542 g/mol. The topological polar surface area (TPSA) is 75.3 Å². The van der Waals surface area contributed by atoms with Crippen molar-refractivity contribution < 1.29 is 23.4 Å². The van der Waals surface area contributed by atoms with Crippen molar-refractivity contribution in [3.05, 3.63) is 77.1 Å². The van der Waals surface area contributed by atoms with Crippen molar-refractivity contribution in [3.63, 3.8) is 0 Å². The Labute approximate surface area is 227 Å². The molecule has 10 heteroatoms. The number of ether oxygens (including phenoxy) is 3. The summed E-state index contributed by atoms with van der Waals surface area (Å²) in [6, 6.07) is 17.3. The number of piperazine rings is 1. The second-order valence-corrected chi connectivity index (χ2v) is 9.20. The maximum Gasteiger partial charge on any atom is 0.319 e. The Morgan fingerprint density at radius 3 is 2.39 bits per heavy atom. The number of nitrogens with zero attached hydrogens (tertiary/aromatic N) is 2. The van der Waals surface area contributed by atoms with Gasteiger partial charge in [-0.05, 0) is 60.2 Å². The average molecular weight is 543 g/mol. The summed E-state index contributed by atoms with van der Waals surface area (Å²) in [6.07, 6.45) is 0. The minimum atomic E-state index is -0.542. The molecule has 0 radical (unpaired) electrons. The summed E-state index contributed by atoms with van der Waals surface area (Å²) >= 11 is 5.76. The normalized spacial score (nSPS) is 13.6. The summed E-state index contributed by atoms with van der Waals surface area (Å²) < 4.78 is 30.0. The number of methoxy groups -OCH3 is 2. The van der Waals surface area contributed by atoms with Crippen LogP contribution in [0.4, 0.5) is 20.6 Å². The van der Waals surface area contributed by atoms with Gasteiger partial charge in [0.05, 0.1) is 19.2 Å². The molecule has 1 fully saturated rings. The van der Waals surface area contributed by atoms with Gasteiger partial charge in [0, 0.05) is 50.6 Å². The van der Waals surface area contributed by atoms with Crippen LogP contribution in [0.1, 0.15) is 5.56 Å². The highest BCUT2D eigenvalue weighted by atomic mass is 35.5. The standard InChI is InChI=1S/C28H32ClFN4O4/c1-36-23-7-5-22(6-8-23)34-13-11-33(12-14-34)15-16-38-26-10-3-20(17-27(26)37-2)19-31-28(35)32-21-4-9-25(30)24(29)18-21/h3-10,17-18H,11-16,19H2,1-2H3,(H2,31,32,35). The van der Waals surface area contributed by atoms with E-state index in [2.05, 4.69) is 32.6 Å². The first-order chi connectivity index (χ1) is 18.4. The van der Waals surface area contributed by atoms with E-state index in [1.807, 2.05) is 30.3 Å². The van der Waals surface area contributed by atoms with Gasteiger partial charge < -0.3 is 29.7 Å². The van der Waals surface area contributed by atoms with Crippen molar-refractivity contribution in [1.82, 2.24) is 10.2 Å². The molecular formula is C28H32ClFN4O4. The lowest BCUT2D eigenvalue weighted by Gasteiger charge is -2.36. The zero-order valence-electron chi connectivity index (χ0n) is 21.5. The molecule has 2 N–H and O–H groups in total. The SMILES string of the molecule is COc1ccc(N2CCN(CCOc3ccc(CNC(=O)Nc4ccc(F)c(Cl)c4)cc3OC)CC2)cc1. The Hall–Kier alpha value is -3.69. The van der Waals surface area contributed by atoms with Gasteiger partial charge in [0.1, 0.15) is 18.2 Å². The highest BCUT2D eigenvalue weighted by molar-refractivity contribution is 6.31. The Balaban J connectivity index is 1.20. The Morgan fingerprint density at radius 2 is 1.71 bits per heavy atom. The molecule has 3 aromatic rings. The molecule has 1 aliphatic heterocycles. The molecule has 1 aliphatic rings. The number of carbonyl (C=O) groups excluding carboxylic acids is 1. The van der Waals surface area contributed by atoms with Crippen molar-refractivity contribution in [1.29, 1.82) is 0 Å². The molecule has 8 nitrogen and oxygen atoms in total. The largest absolute Gasteiger partial charge is 0.497 e. The molecule has 2 amide bonds. The maximum atomic E-state index is 13.3. The van der Waals surface area contributed by atoms with Crippen LogP contribution in [0.3, 0.4) is 0 Å². The number of nitrogens with one attached hydrogen (secondary N) is 2. The number of anilines is 2. The van der Waals surface area contributed by atoms with Crippen LogP contribution in [-0.2, 0) is 6.54 Å². The van der Waals surface area contributed by atoms with Gasteiger partial charge in [-0.25, -0.2) is 9.18 Å². The Bertz CT molecular complexity index is 1220. The number of carbonyl (C=O) groups is 1. The third kappa shape index (κ3) is 7.43. The highest BCUT2D eigenvalue weighted by Crippen LogP contribution is 2.28. The molecule has 38 heavy (non-hydrogen) atoms. The average Bonchev–Trinajstić information content (AvgIpc) is 2.95. The Morgan fingerprint density at radius 1 is 0.947 bits per heavy atom. The lowest BCUT2D eigenvalue weighted by molar-refractivity contribution is 0.197. The van der Waals surface area contributed by atoms with Crippen molar-refractivity contribution in [2.45, 2.75) is 6.54 Å². The van der Waals surface area contributed by atoms with Gasteiger partial charge in [-0.3, -0.25) is 4.90 Å². The van der Waals surface area contributed by atoms with Crippen LogP contribution in [0.15, 0.2) is 60.7 Å². The number of rotatable bonds is 10. The summed E-state index contributed by atoms with van der Waals surface area (Å²) in [6.45, 7) is 5.47. The first-order valence-electron chi connectivity index (χ1n) is 12.4. The molecule has 0 spiro atoms. The quantitative estimate of drug-likeness (QED) is 0.375. The molecule has 1 saturated heterocycles. The zero-order valence-corrected chi connectivity index (χ0v) is 22.3. The van der Waals surface area contributed by atoms with Gasteiger partial charge in [0.2, 0.25) is 0 Å². The molecule has 0 saturated carbocycles. The van der Waals surface area contributed by atoms with Crippen LogP contribution in [0.25, 0.3) is 0 Å². The van der Waals surface area contributed by atoms with Crippen LogP contribution in [0.2, 0.25) is 5.02 Å². The van der Waals surface area contributed by atoms with Crippen LogP contribution >= 0.6 is 11.6 Å². The predicted molar refractivity (Wildman–Crippen MR) is 147 cm³/mol. The van der Waals surface area contributed by atoms with E-state index in [0.29, 0.717) is 23.8 Å². The molecule has 0 bridgehead atoms. The van der Waals surface area contributed by atoms with Crippen LogP contribution in [0.5, 0.6) is 17.2 Å². The predicted octanol–water partition coefficient (Wildman–Crippen LogP) is 5.02. The van der Waals surface area contributed by atoms with Crippen molar-refractivity contribution in [2.75, 3.05) is 63.8 Å². The van der Waals surface area contributed by atoms with Crippen molar-refractivity contribution in [2.24, 2.45) is 0 Å². The number of halogens is 2. The summed E-state index contributed by atoms with van der Waals surface area (Å²) in [5, 5.41) is 5.33. The lowest BCUT2D eigenvalue weighted by Crippen LogP contribution is -2.47. The van der Waals surface area contributed by atoms with E-state index in [9.17, 15) is 9.18 Å². The van der Waals surface area contributed by atoms with Gasteiger partial charge in [0.15, 0.2) is 11.5 Å². The molecule has 0 unspecified atom stereocenters. The smallest absolute Gasteiger partial charge is 0.319 e. The highest BCUT2D eigenvalue weighted by Gasteiger charge is 2.17. The summed E-state index contributed by atoms with van der Waals surface area (Å²) in [5.74, 6) is 1.57. The van der Waals surface area contributed by atoms with Crippen molar-refractivity contribution in [3.8, 4) is 17.2 Å². The zero-order chi connectivity index (χ0) is 26.9. The molecular weight excluding hydrogens is 511 g/mol. The van der Waals surface area contributed by atoms with Gasteiger partial charge in [-0.2, -0.15) is 0 Å². The number of hydrogen-bond donors (Lipinski definition) is 2. The lowest BCUT2D eigenvalue weighted by atomic mass is 10.2. The van der Waals surface area contributed by atoms with Crippen LogP contribution in [-0.4, -0.2) is 64.5 Å². The molecule has 1 heterocycles. The molecule has 0 aromatic heterocycles. The van der Waals surface area contributed by atoms with Crippen molar-refractivity contribution >= 4 is 29.0 Å². The second kappa shape index (κ2) is 13.2. The van der Waals surface area contributed by atoms with Gasteiger partial charge in [0.25, 0.3) is 0 Å². The van der Waals surface area contributed by atoms with E-state index in [-0.39, 0.29) is 11.6 Å². The maximum absolute atomic E-state index is 13.3. The Kier molecular flexibility index (Phi) is 9.51. The first-order valence-corrected chi connectivity index (χ1v) is 12.7. The molecule has 202 valence electrons. The summed E-state index contributed by atoms with van der Waals surface area (Å²) in [4.78, 5) is 17.0. The molecule has 0 atom stereocenters. The van der Waals surface area contributed by atoms with Crippen LogP contribution in [0, 0.1) is 5.82 Å². The number of hydrogen-bond acceptors (Lipinski definition) is 6. The fourth-order valence-corrected chi connectivity index (χ4v) is 4.36. The fraction of sp³-hybridized carbons (Fsp3) is 0.321. The third-order valence-corrected chi connectivity index (χ3v) is 6.62. The minimum absolute atomic E-state index is 0.0565. The van der Waals surface area contributed by atoms with Gasteiger partial charge in [-0.15, -0.1) is 0 Å². The van der Waals surface area contributed by atoms with E-state index >= 15 is 0 Å². The number of benzene rings is 3. The van der Waals surface area contributed by atoms with Gasteiger partial charge >= 0.3 is 6.03 Å². The first kappa shape index (κ1) is 27.3. The van der Waals surface area contributed by atoms with E-state index in [1.54, 1.807) is 14.2 Å². The number of amides is 2. The van der Waals surface area contributed by atoms with E-state index in [0.717, 1.165) is 44.0 Å². The molecule has 3 aromatic carbocycles. The van der Waals surface area contributed by atoms with E-state index in [4.69, 9.17) is 25.8 Å². The molecule has 4 rings (SSSR count). The summed E-state index contributed by atoms with van der Waals surface area (Å²) in [7, 11) is 3.26. The molecule has 0 aliphatic carbocycles. The minimum Gasteiger partial charge on any atom is -0.497 e. The fourth-order valence-electron chi connectivity index (χ4n) is 4.18.